The molecule has 1 aliphatic carbocycles. The molecule has 0 unspecified atom stereocenters. The zero-order valence-electron chi connectivity index (χ0n) is 9.61. The summed E-state index contributed by atoms with van der Waals surface area (Å²) in [6, 6.07) is 0.359. The van der Waals surface area contributed by atoms with Crippen molar-refractivity contribution in [1.29, 1.82) is 0 Å². The first kappa shape index (κ1) is 11.5. The molecular weight excluding hydrogens is 226 g/mol. The van der Waals surface area contributed by atoms with Crippen LogP contribution in [-0.4, -0.2) is 30.7 Å². The fourth-order valence-electron chi connectivity index (χ4n) is 1.60. The predicted molar refractivity (Wildman–Crippen MR) is 64.2 cm³/mol. The molecule has 4 nitrogen and oxygen atoms in total. The largest absolute Gasteiger partial charge is 0.467 e. The Morgan fingerprint density at radius 1 is 1.56 bits per heavy atom. The van der Waals surface area contributed by atoms with Crippen molar-refractivity contribution in [3.63, 3.8) is 0 Å². The smallest absolute Gasteiger partial charge is 0.318 e. The lowest BCUT2D eigenvalue weighted by Gasteiger charge is -2.19. The summed E-state index contributed by atoms with van der Waals surface area (Å²) in [5.41, 5.74) is 0. The van der Waals surface area contributed by atoms with E-state index in [1.807, 2.05) is 7.05 Å². The van der Waals surface area contributed by atoms with Gasteiger partial charge in [-0.05, 0) is 12.3 Å². The van der Waals surface area contributed by atoms with Crippen LogP contribution < -0.4 is 9.64 Å². The number of nitrogens with zero attached hydrogens (tertiary/aromatic N) is 3. The molecule has 1 fully saturated rings. The third-order valence-electron chi connectivity index (χ3n) is 2.82. The van der Waals surface area contributed by atoms with Crippen molar-refractivity contribution >= 4 is 17.4 Å². The Balaban J connectivity index is 2.04. The van der Waals surface area contributed by atoms with Crippen LogP contribution in [0.2, 0.25) is 5.02 Å². The van der Waals surface area contributed by atoms with Crippen LogP contribution in [0.5, 0.6) is 6.01 Å². The minimum atomic E-state index is 0.359. The lowest BCUT2D eigenvalue weighted by Crippen LogP contribution is -2.20. The van der Waals surface area contributed by atoms with Gasteiger partial charge in [0.15, 0.2) is 5.82 Å². The van der Waals surface area contributed by atoms with Gasteiger partial charge in [0.1, 0.15) is 5.02 Å². The minimum absolute atomic E-state index is 0.359. The normalized spacial score (nSPS) is 14.9. The van der Waals surface area contributed by atoms with Crippen LogP contribution in [0.15, 0.2) is 6.20 Å². The summed E-state index contributed by atoms with van der Waals surface area (Å²) in [6.07, 6.45) is 5.53. The molecule has 0 amide bonds. The number of halogens is 1. The van der Waals surface area contributed by atoms with E-state index in [9.17, 15) is 0 Å². The highest BCUT2D eigenvalue weighted by atomic mass is 35.5. The maximum atomic E-state index is 6.06. The van der Waals surface area contributed by atoms with E-state index < -0.39 is 0 Å². The molecule has 16 heavy (non-hydrogen) atoms. The van der Waals surface area contributed by atoms with E-state index in [0.29, 0.717) is 11.0 Å². The Bertz CT molecular complexity index is 368. The van der Waals surface area contributed by atoms with E-state index in [1.54, 1.807) is 13.3 Å². The average Bonchev–Trinajstić information content (AvgIpc) is 3.10. The molecule has 1 heterocycles. The van der Waals surface area contributed by atoms with Crippen LogP contribution >= 0.6 is 11.6 Å². The predicted octanol–water partition coefficient (Wildman–Crippen LogP) is 2.37. The van der Waals surface area contributed by atoms with Crippen molar-refractivity contribution in [3.05, 3.63) is 11.2 Å². The van der Waals surface area contributed by atoms with Gasteiger partial charge in [-0.1, -0.05) is 24.4 Å². The monoisotopic (exact) mass is 241 g/mol. The van der Waals surface area contributed by atoms with Gasteiger partial charge in [-0.15, -0.1) is 0 Å². The molecule has 0 aliphatic heterocycles. The third kappa shape index (κ3) is 2.76. The molecule has 0 aromatic carbocycles. The number of hydrogen-bond donors (Lipinski definition) is 0. The molecule has 88 valence electrons. The first-order valence-electron chi connectivity index (χ1n) is 5.48. The van der Waals surface area contributed by atoms with Gasteiger partial charge in [0, 0.05) is 13.6 Å². The molecule has 1 aliphatic rings. The van der Waals surface area contributed by atoms with Crippen LogP contribution in [0.25, 0.3) is 0 Å². The topological polar surface area (TPSA) is 38.2 Å². The summed E-state index contributed by atoms with van der Waals surface area (Å²) in [6.45, 7) is 0.977. The van der Waals surface area contributed by atoms with E-state index in [1.165, 1.54) is 19.3 Å². The van der Waals surface area contributed by atoms with Crippen LogP contribution in [0.3, 0.4) is 0 Å². The summed E-state index contributed by atoms with van der Waals surface area (Å²) in [5, 5.41) is 0.569. The quantitative estimate of drug-likeness (QED) is 0.793. The Hall–Kier alpha value is -1.03. The number of ether oxygens (including phenoxy) is 1. The second-order valence-electron chi connectivity index (χ2n) is 4.18. The molecule has 0 radical (unpaired) electrons. The number of anilines is 1. The molecule has 2 rings (SSSR count). The third-order valence-corrected chi connectivity index (χ3v) is 3.08. The summed E-state index contributed by atoms with van der Waals surface area (Å²) in [5.74, 6) is 1.65. The van der Waals surface area contributed by atoms with Gasteiger partial charge in [0.25, 0.3) is 0 Å². The standard InChI is InChI=1S/C11H16ClN3O/c1-15(6-5-8-3-4-8)10-9(12)7-13-11(14-10)16-2/h7-8H,3-6H2,1-2H3. The Morgan fingerprint density at radius 2 is 2.31 bits per heavy atom. The first-order chi connectivity index (χ1) is 7.70. The van der Waals surface area contributed by atoms with Crippen LogP contribution in [0.1, 0.15) is 19.3 Å². The molecule has 0 N–H and O–H groups in total. The van der Waals surface area contributed by atoms with Gasteiger partial charge >= 0.3 is 6.01 Å². The number of methoxy groups -OCH3 is 1. The molecule has 5 heteroatoms. The maximum absolute atomic E-state index is 6.06. The Kier molecular flexibility index (Phi) is 3.49. The molecule has 1 saturated carbocycles. The van der Waals surface area contributed by atoms with Crippen LogP contribution in [-0.2, 0) is 0 Å². The van der Waals surface area contributed by atoms with Crippen molar-refractivity contribution < 1.29 is 4.74 Å². The lowest BCUT2D eigenvalue weighted by atomic mass is 10.3. The van der Waals surface area contributed by atoms with Gasteiger partial charge in [0.05, 0.1) is 13.3 Å². The Labute approximate surface area is 101 Å². The second-order valence-corrected chi connectivity index (χ2v) is 4.59. The molecule has 0 spiro atoms. The fraction of sp³-hybridized carbons (Fsp3) is 0.636. The van der Waals surface area contributed by atoms with Gasteiger partial charge < -0.3 is 9.64 Å². The highest BCUT2D eigenvalue weighted by Crippen LogP contribution is 2.33. The molecule has 0 bridgehead atoms. The summed E-state index contributed by atoms with van der Waals surface area (Å²) in [4.78, 5) is 10.3. The summed E-state index contributed by atoms with van der Waals surface area (Å²) in [7, 11) is 3.55. The lowest BCUT2D eigenvalue weighted by molar-refractivity contribution is 0.380. The second kappa shape index (κ2) is 4.87. The molecule has 1 aromatic rings. The minimum Gasteiger partial charge on any atom is -0.467 e. The van der Waals surface area contributed by atoms with Crippen molar-refractivity contribution in [2.24, 2.45) is 5.92 Å². The van der Waals surface area contributed by atoms with E-state index >= 15 is 0 Å². The number of hydrogen-bond acceptors (Lipinski definition) is 4. The zero-order valence-corrected chi connectivity index (χ0v) is 10.4. The maximum Gasteiger partial charge on any atom is 0.318 e. The van der Waals surface area contributed by atoms with Crippen molar-refractivity contribution in [1.82, 2.24) is 9.97 Å². The average molecular weight is 242 g/mol. The highest BCUT2D eigenvalue weighted by Gasteiger charge is 2.22. The highest BCUT2D eigenvalue weighted by molar-refractivity contribution is 6.32. The van der Waals surface area contributed by atoms with Gasteiger partial charge in [-0.3, -0.25) is 0 Å². The van der Waals surface area contributed by atoms with Gasteiger partial charge in [0.2, 0.25) is 0 Å². The van der Waals surface area contributed by atoms with Gasteiger partial charge in [-0.2, -0.15) is 4.98 Å². The number of rotatable bonds is 5. The van der Waals surface area contributed by atoms with Gasteiger partial charge in [-0.25, -0.2) is 4.98 Å². The van der Waals surface area contributed by atoms with E-state index in [-0.39, 0.29) is 0 Å². The van der Waals surface area contributed by atoms with Crippen molar-refractivity contribution in [2.75, 3.05) is 25.6 Å². The van der Waals surface area contributed by atoms with E-state index in [4.69, 9.17) is 16.3 Å². The number of aromatic nitrogens is 2. The van der Waals surface area contributed by atoms with Crippen molar-refractivity contribution in [2.45, 2.75) is 19.3 Å². The van der Waals surface area contributed by atoms with Crippen LogP contribution in [0.4, 0.5) is 5.82 Å². The molecule has 1 aromatic heterocycles. The van der Waals surface area contributed by atoms with Crippen LogP contribution in [0, 0.1) is 5.92 Å². The fourth-order valence-corrected chi connectivity index (χ4v) is 1.83. The molecule has 0 saturated heterocycles. The van der Waals surface area contributed by atoms with Crippen molar-refractivity contribution in [3.8, 4) is 6.01 Å². The molecule has 0 atom stereocenters. The van der Waals surface area contributed by atoms with E-state index in [0.717, 1.165) is 18.3 Å². The SMILES string of the molecule is COc1ncc(Cl)c(N(C)CCC2CC2)n1. The zero-order chi connectivity index (χ0) is 11.5. The Morgan fingerprint density at radius 3 is 2.94 bits per heavy atom. The summed E-state index contributed by atoms with van der Waals surface area (Å²) < 4.78 is 4.99. The molecular formula is C11H16ClN3O. The summed E-state index contributed by atoms with van der Waals surface area (Å²) >= 11 is 6.06. The van der Waals surface area contributed by atoms with E-state index in [2.05, 4.69) is 14.9 Å². The first-order valence-corrected chi connectivity index (χ1v) is 5.86.